The highest BCUT2D eigenvalue weighted by Gasteiger charge is 2.19. The van der Waals surface area contributed by atoms with Crippen molar-refractivity contribution in [2.45, 2.75) is 19.4 Å². The minimum Gasteiger partial charge on any atom is -0.448 e. The highest BCUT2D eigenvalue weighted by molar-refractivity contribution is 6.28. The molecule has 3 nitrogen and oxygen atoms in total. The van der Waals surface area contributed by atoms with Crippen molar-refractivity contribution < 1.29 is 4.42 Å². The molecule has 0 aliphatic heterocycles. The van der Waals surface area contributed by atoms with E-state index in [1.807, 2.05) is 30.5 Å². The Morgan fingerprint density at radius 2 is 2.10 bits per heavy atom. The Bertz CT molecular complexity index is 733. The average Bonchev–Trinajstić information content (AvgIpc) is 2.94. The van der Waals surface area contributed by atoms with E-state index in [9.17, 15) is 0 Å². The van der Waals surface area contributed by atoms with Crippen LogP contribution in [0.4, 0.5) is 0 Å². The number of halogens is 1. The van der Waals surface area contributed by atoms with Gasteiger partial charge in [0.25, 0.3) is 0 Å². The molecule has 3 aromatic rings. The van der Waals surface area contributed by atoms with Crippen LogP contribution in [-0.4, -0.2) is 11.5 Å². The Morgan fingerprint density at radius 1 is 1.19 bits per heavy atom. The summed E-state index contributed by atoms with van der Waals surface area (Å²) < 4.78 is 5.63. The van der Waals surface area contributed by atoms with E-state index in [0.717, 1.165) is 35.2 Å². The fourth-order valence-corrected chi connectivity index (χ4v) is 2.67. The third-order valence-electron chi connectivity index (χ3n) is 3.47. The Balaban J connectivity index is 2.09. The zero-order chi connectivity index (χ0) is 14.7. The van der Waals surface area contributed by atoms with Crippen molar-refractivity contribution in [2.75, 3.05) is 6.54 Å². The zero-order valence-electron chi connectivity index (χ0n) is 11.8. The molecule has 4 heteroatoms. The first-order valence-corrected chi connectivity index (χ1v) is 7.49. The topological polar surface area (TPSA) is 38.1 Å². The second-order valence-corrected chi connectivity index (χ2v) is 5.32. The van der Waals surface area contributed by atoms with Gasteiger partial charge >= 0.3 is 0 Å². The van der Waals surface area contributed by atoms with E-state index in [-0.39, 0.29) is 6.04 Å². The normalized spacial score (nSPS) is 12.7. The largest absolute Gasteiger partial charge is 0.448 e. The summed E-state index contributed by atoms with van der Waals surface area (Å²) in [4.78, 5) is 4.42. The summed E-state index contributed by atoms with van der Waals surface area (Å²) in [5.41, 5.74) is 2.14. The van der Waals surface area contributed by atoms with Gasteiger partial charge in [0.1, 0.15) is 5.76 Å². The summed E-state index contributed by atoms with van der Waals surface area (Å²) in [7, 11) is 0. The Hall–Kier alpha value is -1.84. The van der Waals surface area contributed by atoms with Crippen molar-refractivity contribution in [3.8, 4) is 0 Å². The molecule has 2 aromatic heterocycles. The van der Waals surface area contributed by atoms with Crippen LogP contribution in [0.1, 0.15) is 30.7 Å². The average molecular weight is 301 g/mol. The molecule has 0 aliphatic rings. The summed E-state index contributed by atoms with van der Waals surface area (Å²) in [5.74, 6) is 0.824. The monoisotopic (exact) mass is 300 g/mol. The maximum Gasteiger partial charge on any atom is 0.193 e. The van der Waals surface area contributed by atoms with E-state index in [1.54, 1.807) is 6.07 Å². The summed E-state index contributed by atoms with van der Waals surface area (Å²) in [5, 5.41) is 5.06. The molecule has 0 spiro atoms. The number of nitrogens with zero attached hydrogens (tertiary/aromatic N) is 1. The SMILES string of the molecule is CCCNC(c1ccc(Cl)o1)c1cccc2ncccc12. The van der Waals surface area contributed by atoms with Crippen molar-refractivity contribution in [1.82, 2.24) is 10.3 Å². The number of hydrogen-bond acceptors (Lipinski definition) is 3. The number of hydrogen-bond donors (Lipinski definition) is 1. The molecule has 0 bridgehead atoms. The number of aromatic nitrogens is 1. The molecule has 0 radical (unpaired) electrons. The quantitative estimate of drug-likeness (QED) is 0.750. The van der Waals surface area contributed by atoms with Gasteiger partial charge in [0, 0.05) is 11.6 Å². The Labute approximate surface area is 128 Å². The van der Waals surface area contributed by atoms with Crippen LogP contribution in [0.2, 0.25) is 5.22 Å². The number of nitrogens with one attached hydrogen (secondary N) is 1. The van der Waals surface area contributed by atoms with E-state index in [2.05, 4.69) is 29.4 Å². The van der Waals surface area contributed by atoms with Gasteiger partial charge in [-0.05, 0) is 54.4 Å². The molecular formula is C17H17ClN2O. The minimum atomic E-state index is -0.0228. The molecule has 1 aromatic carbocycles. The maximum atomic E-state index is 5.94. The predicted molar refractivity (Wildman–Crippen MR) is 85.6 cm³/mol. The second-order valence-electron chi connectivity index (χ2n) is 4.95. The van der Waals surface area contributed by atoms with Crippen LogP contribution >= 0.6 is 11.6 Å². The van der Waals surface area contributed by atoms with Gasteiger partial charge in [0.2, 0.25) is 0 Å². The predicted octanol–water partition coefficient (Wildman–Crippen LogP) is 4.57. The first kappa shape index (κ1) is 14.1. The third kappa shape index (κ3) is 2.94. The van der Waals surface area contributed by atoms with Gasteiger partial charge in [0.05, 0.1) is 11.6 Å². The van der Waals surface area contributed by atoms with Crippen LogP contribution in [0.3, 0.4) is 0 Å². The molecule has 0 saturated heterocycles. The fraction of sp³-hybridized carbons (Fsp3) is 0.235. The molecule has 21 heavy (non-hydrogen) atoms. The van der Waals surface area contributed by atoms with Crippen LogP contribution in [0.25, 0.3) is 10.9 Å². The van der Waals surface area contributed by atoms with E-state index >= 15 is 0 Å². The molecular weight excluding hydrogens is 284 g/mol. The lowest BCUT2D eigenvalue weighted by Crippen LogP contribution is -2.23. The van der Waals surface area contributed by atoms with Crippen molar-refractivity contribution in [2.24, 2.45) is 0 Å². The number of pyridine rings is 1. The number of rotatable bonds is 5. The van der Waals surface area contributed by atoms with E-state index in [0.29, 0.717) is 5.22 Å². The highest BCUT2D eigenvalue weighted by Crippen LogP contribution is 2.30. The standard InChI is InChI=1S/C17H17ClN2O/c1-2-10-20-17(15-8-9-16(18)21-15)13-5-3-7-14-12(13)6-4-11-19-14/h3-9,11,17,20H,2,10H2,1H3. The number of benzene rings is 1. The van der Waals surface area contributed by atoms with Crippen molar-refractivity contribution in [3.05, 3.63) is 65.2 Å². The molecule has 3 rings (SSSR count). The van der Waals surface area contributed by atoms with Crippen LogP contribution in [-0.2, 0) is 0 Å². The lowest BCUT2D eigenvalue weighted by atomic mass is 9.99. The van der Waals surface area contributed by atoms with Crippen LogP contribution in [0.5, 0.6) is 0 Å². The summed E-state index contributed by atoms with van der Waals surface area (Å²) in [6.07, 6.45) is 2.86. The van der Waals surface area contributed by atoms with E-state index in [1.165, 1.54) is 0 Å². The molecule has 0 fully saturated rings. The first-order chi connectivity index (χ1) is 10.3. The lowest BCUT2D eigenvalue weighted by Gasteiger charge is -2.18. The van der Waals surface area contributed by atoms with Crippen LogP contribution in [0, 0.1) is 0 Å². The van der Waals surface area contributed by atoms with Gasteiger partial charge in [-0.15, -0.1) is 0 Å². The minimum absolute atomic E-state index is 0.0228. The first-order valence-electron chi connectivity index (χ1n) is 7.12. The third-order valence-corrected chi connectivity index (χ3v) is 3.67. The van der Waals surface area contributed by atoms with Gasteiger partial charge in [-0.1, -0.05) is 25.1 Å². The van der Waals surface area contributed by atoms with E-state index in [4.69, 9.17) is 16.0 Å². The molecule has 0 saturated carbocycles. The van der Waals surface area contributed by atoms with Crippen molar-refractivity contribution in [3.63, 3.8) is 0 Å². The maximum absolute atomic E-state index is 5.94. The van der Waals surface area contributed by atoms with Crippen LogP contribution < -0.4 is 5.32 Å². The fourth-order valence-electron chi connectivity index (χ4n) is 2.51. The molecule has 0 amide bonds. The Kier molecular flexibility index (Phi) is 4.23. The van der Waals surface area contributed by atoms with E-state index < -0.39 is 0 Å². The zero-order valence-corrected chi connectivity index (χ0v) is 12.6. The van der Waals surface area contributed by atoms with Gasteiger partial charge in [0.15, 0.2) is 5.22 Å². The van der Waals surface area contributed by atoms with Crippen LogP contribution in [0.15, 0.2) is 53.1 Å². The second kappa shape index (κ2) is 6.29. The number of furan rings is 1. The van der Waals surface area contributed by atoms with Gasteiger partial charge in [-0.2, -0.15) is 0 Å². The molecule has 108 valence electrons. The van der Waals surface area contributed by atoms with Crippen molar-refractivity contribution >= 4 is 22.5 Å². The summed E-state index contributed by atoms with van der Waals surface area (Å²) in [6.45, 7) is 3.05. The summed E-state index contributed by atoms with van der Waals surface area (Å²) >= 11 is 5.94. The Morgan fingerprint density at radius 3 is 2.86 bits per heavy atom. The molecule has 0 aliphatic carbocycles. The number of fused-ring (bicyclic) bond motifs is 1. The van der Waals surface area contributed by atoms with Gasteiger partial charge in [-0.3, -0.25) is 4.98 Å². The lowest BCUT2D eigenvalue weighted by molar-refractivity contribution is 0.449. The highest BCUT2D eigenvalue weighted by atomic mass is 35.5. The molecule has 1 atom stereocenters. The smallest absolute Gasteiger partial charge is 0.193 e. The van der Waals surface area contributed by atoms with Gasteiger partial charge in [-0.25, -0.2) is 0 Å². The molecule has 1 unspecified atom stereocenters. The van der Waals surface area contributed by atoms with Crippen molar-refractivity contribution in [1.29, 1.82) is 0 Å². The summed E-state index contributed by atoms with van der Waals surface area (Å²) in [6, 6.07) is 13.9. The molecule has 1 N–H and O–H groups in total. The molecule has 2 heterocycles. The van der Waals surface area contributed by atoms with Gasteiger partial charge < -0.3 is 9.73 Å².